The summed E-state index contributed by atoms with van der Waals surface area (Å²) in [7, 11) is 0. The molecule has 0 aromatic carbocycles. The molecule has 0 bridgehead atoms. The van der Waals surface area contributed by atoms with E-state index < -0.39 is 0 Å². The molecule has 2 rings (SSSR count). The van der Waals surface area contributed by atoms with Gasteiger partial charge in [-0.05, 0) is 43.4 Å². The Morgan fingerprint density at radius 3 is 2.57 bits per heavy atom. The third-order valence-electron chi connectivity index (χ3n) is 3.83. The Kier molecular flexibility index (Phi) is 3.42. The van der Waals surface area contributed by atoms with Gasteiger partial charge in [-0.1, -0.05) is 6.92 Å². The van der Waals surface area contributed by atoms with E-state index in [2.05, 4.69) is 12.3 Å². The Hall–Kier alpha value is -0.120. The molecule has 1 aliphatic heterocycles. The number of hydrogen-bond acceptors (Lipinski definition) is 3. The lowest BCUT2D eigenvalue weighted by atomic mass is 9.90. The summed E-state index contributed by atoms with van der Waals surface area (Å²) in [6.45, 7) is 4.21. The van der Waals surface area contributed by atoms with Gasteiger partial charge in [-0.2, -0.15) is 0 Å². The van der Waals surface area contributed by atoms with Crippen molar-refractivity contribution >= 4 is 0 Å². The molecule has 0 aromatic heterocycles. The van der Waals surface area contributed by atoms with Crippen molar-refractivity contribution in [1.29, 1.82) is 0 Å². The Morgan fingerprint density at radius 1 is 1.43 bits per heavy atom. The lowest BCUT2D eigenvalue weighted by molar-refractivity contribution is 0.0595. The smallest absolute Gasteiger partial charge is 0.0468 e. The highest BCUT2D eigenvalue weighted by Gasteiger charge is 2.39. The maximum Gasteiger partial charge on any atom is 0.0468 e. The van der Waals surface area contributed by atoms with E-state index in [4.69, 9.17) is 10.6 Å². The maximum atomic E-state index is 5.61. The van der Waals surface area contributed by atoms with Crippen LogP contribution in [0.15, 0.2) is 0 Å². The molecule has 2 aliphatic rings. The van der Waals surface area contributed by atoms with Crippen molar-refractivity contribution in [3.63, 3.8) is 0 Å². The van der Waals surface area contributed by atoms with Crippen LogP contribution in [0.5, 0.6) is 0 Å². The number of nitrogens with two attached hydrogens (primary N) is 1. The van der Waals surface area contributed by atoms with Gasteiger partial charge in [0.05, 0.1) is 0 Å². The van der Waals surface area contributed by atoms with Crippen LogP contribution in [0.1, 0.15) is 32.6 Å². The molecule has 1 aliphatic carbocycles. The van der Waals surface area contributed by atoms with Crippen LogP contribution in [0.4, 0.5) is 0 Å². The molecular weight excluding hydrogens is 176 g/mol. The second-order valence-corrected chi connectivity index (χ2v) is 4.94. The molecule has 82 valence electrons. The quantitative estimate of drug-likeness (QED) is 0.528. The Morgan fingerprint density at radius 2 is 2.07 bits per heavy atom. The fraction of sp³-hybridized carbons (Fsp3) is 1.00. The molecule has 0 aromatic rings. The van der Waals surface area contributed by atoms with E-state index >= 15 is 0 Å². The van der Waals surface area contributed by atoms with Crippen molar-refractivity contribution in [2.24, 2.45) is 23.6 Å². The van der Waals surface area contributed by atoms with Crippen molar-refractivity contribution in [3.8, 4) is 0 Å². The molecule has 1 saturated carbocycles. The molecular formula is C11H22N2O. The van der Waals surface area contributed by atoms with Crippen molar-refractivity contribution in [3.05, 3.63) is 0 Å². The van der Waals surface area contributed by atoms with Crippen LogP contribution in [0.2, 0.25) is 0 Å². The topological polar surface area (TPSA) is 47.3 Å². The third kappa shape index (κ3) is 2.47. The fourth-order valence-electron chi connectivity index (χ4n) is 2.62. The van der Waals surface area contributed by atoms with E-state index in [-0.39, 0.29) is 0 Å². The lowest BCUT2D eigenvalue weighted by Crippen LogP contribution is -2.39. The predicted molar refractivity (Wildman–Crippen MR) is 56.5 cm³/mol. The van der Waals surface area contributed by atoms with E-state index in [1.807, 2.05) is 0 Å². The fourth-order valence-corrected chi connectivity index (χ4v) is 2.62. The number of ether oxygens (including phenoxy) is 1. The molecule has 3 heteroatoms. The first-order chi connectivity index (χ1) is 6.81. The molecule has 3 atom stereocenters. The zero-order chi connectivity index (χ0) is 9.97. The second-order valence-electron chi connectivity index (χ2n) is 4.94. The first-order valence-corrected chi connectivity index (χ1v) is 5.85. The maximum absolute atomic E-state index is 5.61. The number of hydrazine groups is 1. The van der Waals surface area contributed by atoms with Gasteiger partial charge in [-0.25, -0.2) is 0 Å². The van der Waals surface area contributed by atoms with E-state index in [0.717, 1.165) is 31.0 Å². The number of rotatable bonds is 4. The van der Waals surface area contributed by atoms with Crippen molar-refractivity contribution in [2.75, 3.05) is 13.2 Å². The summed E-state index contributed by atoms with van der Waals surface area (Å²) in [6, 6.07) is 0.549. The number of hydrogen-bond donors (Lipinski definition) is 2. The molecule has 2 fully saturated rings. The number of nitrogens with one attached hydrogen (secondary N) is 1. The zero-order valence-corrected chi connectivity index (χ0v) is 9.04. The van der Waals surface area contributed by atoms with Gasteiger partial charge in [-0.15, -0.1) is 0 Å². The highest BCUT2D eigenvalue weighted by atomic mass is 16.5. The van der Waals surface area contributed by atoms with E-state index in [1.54, 1.807) is 0 Å². The molecule has 3 N–H and O–H groups in total. The zero-order valence-electron chi connectivity index (χ0n) is 9.04. The minimum absolute atomic E-state index is 0.549. The Labute approximate surface area is 86.4 Å². The lowest BCUT2D eigenvalue weighted by Gasteiger charge is -2.26. The van der Waals surface area contributed by atoms with Crippen LogP contribution < -0.4 is 11.3 Å². The Bertz CT molecular complexity index is 180. The van der Waals surface area contributed by atoms with Crippen LogP contribution in [0.3, 0.4) is 0 Å². The van der Waals surface area contributed by atoms with E-state index in [0.29, 0.717) is 6.04 Å². The summed E-state index contributed by atoms with van der Waals surface area (Å²) in [6.07, 6.45) is 5.05. The van der Waals surface area contributed by atoms with Crippen molar-refractivity contribution in [1.82, 2.24) is 5.43 Å². The summed E-state index contributed by atoms with van der Waals surface area (Å²) >= 11 is 0. The van der Waals surface area contributed by atoms with Crippen molar-refractivity contribution < 1.29 is 4.74 Å². The van der Waals surface area contributed by atoms with Gasteiger partial charge in [0, 0.05) is 19.3 Å². The summed E-state index contributed by atoms with van der Waals surface area (Å²) in [5.74, 6) is 8.16. The average Bonchev–Trinajstić information content (AvgIpc) is 2.93. The summed E-state index contributed by atoms with van der Waals surface area (Å²) in [5.41, 5.74) is 3.00. The molecule has 0 spiro atoms. The van der Waals surface area contributed by atoms with Crippen LogP contribution in [0.25, 0.3) is 0 Å². The van der Waals surface area contributed by atoms with Gasteiger partial charge in [0.25, 0.3) is 0 Å². The summed E-state index contributed by atoms with van der Waals surface area (Å²) in [5, 5.41) is 0. The Balaban J connectivity index is 1.75. The molecule has 0 amide bonds. The molecule has 3 unspecified atom stereocenters. The third-order valence-corrected chi connectivity index (χ3v) is 3.83. The largest absolute Gasteiger partial charge is 0.381 e. The SMILES string of the molecule is CC1CC1C(CC1CCOCC1)NN. The van der Waals surface area contributed by atoms with Gasteiger partial charge in [0.1, 0.15) is 0 Å². The molecule has 3 nitrogen and oxygen atoms in total. The highest BCUT2D eigenvalue weighted by Crippen LogP contribution is 2.42. The van der Waals surface area contributed by atoms with Crippen LogP contribution in [-0.4, -0.2) is 19.3 Å². The first kappa shape index (κ1) is 10.4. The van der Waals surface area contributed by atoms with Crippen LogP contribution in [0, 0.1) is 17.8 Å². The molecule has 0 radical (unpaired) electrons. The average molecular weight is 198 g/mol. The minimum atomic E-state index is 0.549. The molecule has 1 saturated heterocycles. The normalized spacial score (nSPS) is 35.6. The minimum Gasteiger partial charge on any atom is -0.381 e. The standard InChI is InChI=1S/C11H22N2O/c1-8-6-10(8)11(13-12)7-9-2-4-14-5-3-9/h8-11,13H,2-7,12H2,1H3. The van der Waals surface area contributed by atoms with Gasteiger partial charge < -0.3 is 4.74 Å². The molecule has 14 heavy (non-hydrogen) atoms. The predicted octanol–water partition coefficient (Wildman–Crippen LogP) is 1.29. The first-order valence-electron chi connectivity index (χ1n) is 5.85. The second kappa shape index (κ2) is 4.60. The van der Waals surface area contributed by atoms with Gasteiger partial charge in [0.2, 0.25) is 0 Å². The van der Waals surface area contributed by atoms with Gasteiger partial charge in [0.15, 0.2) is 0 Å². The van der Waals surface area contributed by atoms with Gasteiger partial charge >= 0.3 is 0 Å². The van der Waals surface area contributed by atoms with E-state index in [9.17, 15) is 0 Å². The molecule has 1 heterocycles. The highest BCUT2D eigenvalue weighted by molar-refractivity contribution is 4.92. The van der Waals surface area contributed by atoms with E-state index in [1.165, 1.54) is 25.7 Å². The summed E-state index contributed by atoms with van der Waals surface area (Å²) in [4.78, 5) is 0. The summed E-state index contributed by atoms with van der Waals surface area (Å²) < 4.78 is 5.36. The monoisotopic (exact) mass is 198 g/mol. The van der Waals surface area contributed by atoms with Gasteiger partial charge in [-0.3, -0.25) is 11.3 Å². The van der Waals surface area contributed by atoms with Crippen LogP contribution >= 0.6 is 0 Å². The van der Waals surface area contributed by atoms with Crippen molar-refractivity contribution in [2.45, 2.75) is 38.6 Å². The van der Waals surface area contributed by atoms with Crippen LogP contribution in [-0.2, 0) is 4.74 Å².